The Labute approximate surface area is 116 Å². The van der Waals surface area contributed by atoms with Crippen LogP contribution in [0.1, 0.15) is 23.2 Å². The van der Waals surface area contributed by atoms with Crippen molar-refractivity contribution < 1.29 is 9.53 Å². The molecule has 19 heavy (non-hydrogen) atoms. The van der Waals surface area contributed by atoms with Crippen molar-refractivity contribution in [3.8, 4) is 5.75 Å². The number of rotatable bonds is 4. The van der Waals surface area contributed by atoms with Gasteiger partial charge in [0.25, 0.3) is 0 Å². The van der Waals surface area contributed by atoms with Gasteiger partial charge in [0.05, 0.1) is 10.7 Å². The Morgan fingerprint density at radius 3 is 2.79 bits per heavy atom. The van der Waals surface area contributed by atoms with Crippen molar-refractivity contribution in [2.45, 2.75) is 27.4 Å². The van der Waals surface area contributed by atoms with E-state index in [1.165, 1.54) is 6.92 Å². The lowest BCUT2D eigenvalue weighted by molar-refractivity contribution is -0.114. The predicted octanol–water partition coefficient (Wildman–Crippen LogP) is 3.30. The number of nitrogens with zero attached hydrogens (tertiary/aromatic N) is 1. The Balaban J connectivity index is 2.01. The van der Waals surface area contributed by atoms with E-state index in [1.807, 2.05) is 37.4 Å². The Morgan fingerprint density at radius 1 is 1.42 bits per heavy atom. The molecule has 4 nitrogen and oxygen atoms in total. The molecule has 2 rings (SSSR count). The van der Waals surface area contributed by atoms with Gasteiger partial charge in [0.2, 0.25) is 5.91 Å². The van der Waals surface area contributed by atoms with Crippen LogP contribution in [0.25, 0.3) is 0 Å². The summed E-state index contributed by atoms with van der Waals surface area (Å²) in [6, 6.07) is 5.60. The van der Waals surface area contributed by atoms with Gasteiger partial charge in [-0.3, -0.25) is 4.79 Å². The van der Waals surface area contributed by atoms with Crippen LogP contribution in [0.3, 0.4) is 0 Å². The van der Waals surface area contributed by atoms with Crippen molar-refractivity contribution in [2.75, 3.05) is 5.32 Å². The smallest absolute Gasteiger partial charge is 0.221 e. The molecule has 1 heterocycles. The maximum Gasteiger partial charge on any atom is 0.221 e. The highest BCUT2D eigenvalue weighted by atomic mass is 32.1. The summed E-state index contributed by atoms with van der Waals surface area (Å²) in [4.78, 5) is 15.4. The van der Waals surface area contributed by atoms with Gasteiger partial charge < -0.3 is 10.1 Å². The molecule has 2 aromatic rings. The highest BCUT2D eigenvalue weighted by Gasteiger charge is 2.04. The van der Waals surface area contributed by atoms with E-state index in [1.54, 1.807) is 11.3 Å². The number of hydrogen-bond donors (Lipinski definition) is 1. The summed E-state index contributed by atoms with van der Waals surface area (Å²) >= 11 is 1.61. The normalized spacial score (nSPS) is 10.3. The quantitative estimate of drug-likeness (QED) is 0.932. The van der Waals surface area contributed by atoms with Gasteiger partial charge in [0, 0.05) is 18.0 Å². The van der Waals surface area contributed by atoms with Crippen LogP contribution in [-0.4, -0.2) is 10.9 Å². The summed E-state index contributed by atoms with van der Waals surface area (Å²) in [6.45, 7) is 5.86. The first-order valence-electron chi connectivity index (χ1n) is 5.96. The fourth-order valence-corrected chi connectivity index (χ4v) is 2.28. The molecule has 0 bridgehead atoms. The summed E-state index contributed by atoms with van der Waals surface area (Å²) in [5.74, 6) is 0.701. The van der Waals surface area contributed by atoms with Crippen LogP contribution in [0.4, 0.5) is 5.69 Å². The van der Waals surface area contributed by atoms with Crippen LogP contribution in [0.15, 0.2) is 23.6 Å². The van der Waals surface area contributed by atoms with E-state index in [9.17, 15) is 4.79 Å². The number of anilines is 1. The molecule has 1 aromatic heterocycles. The zero-order chi connectivity index (χ0) is 13.8. The molecule has 0 aliphatic heterocycles. The van der Waals surface area contributed by atoms with Crippen LogP contribution in [0.2, 0.25) is 0 Å². The Kier molecular flexibility index (Phi) is 4.16. The molecule has 1 aromatic carbocycles. The molecule has 0 radical (unpaired) electrons. The molecule has 0 unspecified atom stereocenters. The van der Waals surface area contributed by atoms with Crippen LogP contribution in [0, 0.1) is 13.8 Å². The lowest BCUT2D eigenvalue weighted by Crippen LogP contribution is -2.07. The van der Waals surface area contributed by atoms with Gasteiger partial charge in [0.1, 0.15) is 12.4 Å². The minimum absolute atomic E-state index is 0.0743. The topological polar surface area (TPSA) is 51.2 Å². The molecule has 0 fully saturated rings. The van der Waals surface area contributed by atoms with Gasteiger partial charge in [-0.15, -0.1) is 11.3 Å². The predicted molar refractivity (Wildman–Crippen MR) is 76.7 cm³/mol. The van der Waals surface area contributed by atoms with Crippen molar-refractivity contribution in [1.29, 1.82) is 0 Å². The fourth-order valence-electron chi connectivity index (χ4n) is 1.69. The lowest BCUT2D eigenvalue weighted by Gasteiger charge is -2.09. The molecule has 1 N–H and O–H groups in total. The fraction of sp³-hybridized carbons (Fsp3) is 0.286. The molecule has 0 aliphatic rings. The van der Waals surface area contributed by atoms with Gasteiger partial charge in [0.15, 0.2) is 0 Å². The second-order valence-corrected chi connectivity index (χ2v) is 5.37. The molecular formula is C14H16N2O2S. The lowest BCUT2D eigenvalue weighted by atomic mass is 10.2. The van der Waals surface area contributed by atoms with E-state index in [-0.39, 0.29) is 5.91 Å². The van der Waals surface area contributed by atoms with Crippen molar-refractivity contribution in [2.24, 2.45) is 0 Å². The van der Waals surface area contributed by atoms with E-state index >= 15 is 0 Å². The SMILES string of the molecule is CC(=O)Nc1ccc(OCc2csc(C)n2)cc1C. The molecular weight excluding hydrogens is 260 g/mol. The van der Waals surface area contributed by atoms with Crippen molar-refractivity contribution in [3.05, 3.63) is 39.8 Å². The first-order valence-corrected chi connectivity index (χ1v) is 6.84. The third-order valence-corrected chi connectivity index (χ3v) is 3.38. The number of ether oxygens (including phenoxy) is 1. The third-order valence-electron chi connectivity index (χ3n) is 2.56. The standard InChI is InChI=1S/C14H16N2O2S/c1-9-6-13(4-5-14(9)15-10(2)17)18-7-12-8-19-11(3)16-12/h4-6,8H,7H2,1-3H3,(H,15,17). The monoisotopic (exact) mass is 276 g/mol. The summed E-state index contributed by atoms with van der Waals surface area (Å²) in [5.41, 5.74) is 2.72. The molecule has 0 saturated heterocycles. The highest BCUT2D eigenvalue weighted by molar-refractivity contribution is 7.09. The minimum Gasteiger partial charge on any atom is -0.487 e. The number of hydrogen-bond acceptors (Lipinski definition) is 4. The van der Waals surface area contributed by atoms with Crippen LogP contribution < -0.4 is 10.1 Å². The van der Waals surface area contributed by atoms with Gasteiger partial charge in [-0.1, -0.05) is 0 Å². The molecule has 100 valence electrons. The number of carbonyl (C=O) groups is 1. The number of benzene rings is 1. The van der Waals surface area contributed by atoms with Crippen LogP contribution >= 0.6 is 11.3 Å². The summed E-state index contributed by atoms with van der Waals surface area (Å²) < 4.78 is 5.68. The number of carbonyl (C=O) groups excluding carboxylic acids is 1. The average Bonchev–Trinajstić information content (AvgIpc) is 2.75. The number of thiazole rings is 1. The van der Waals surface area contributed by atoms with Gasteiger partial charge in [-0.25, -0.2) is 4.98 Å². The van der Waals surface area contributed by atoms with E-state index < -0.39 is 0 Å². The van der Waals surface area contributed by atoms with E-state index in [0.717, 1.165) is 27.7 Å². The number of amides is 1. The zero-order valence-electron chi connectivity index (χ0n) is 11.2. The number of nitrogens with one attached hydrogen (secondary N) is 1. The maximum absolute atomic E-state index is 11.0. The Hall–Kier alpha value is -1.88. The Bertz CT molecular complexity index is 593. The summed E-state index contributed by atoms with van der Waals surface area (Å²) in [5, 5.41) is 5.80. The molecule has 0 saturated carbocycles. The number of aryl methyl sites for hydroxylation is 2. The van der Waals surface area contributed by atoms with E-state index in [4.69, 9.17) is 4.74 Å². The van der Waals surface area contributed by atoms with Gasteiger partial charge >= 0.3 is 0 Å². The third kappa shape index (κ3) is 3.79. The van der Waals surface area contributed by atoms with E-state index in [0.29, 0.717) is 6.61 Å². The van der Waals surface area contributed by atoms with Crippen molar-refractivity contribution in [3.63, 3.8) is 0 Å². The van der Waals surface area contributed by atoms with Crippen molar-refractivity contribution >= 4 is 22.9 Å². The minimum atomic E-state index is -0.0743. The number of aromatic nitrogens is 1. The molecule has 1 amide bonds. The summed E-state index contributed by atoms with van der Waals surface area (Å²) in [6.07, 6.45) is 0. The molecule has 0 atom stereocenters. The van der Waals surface area contributed by atoms with Crippen LogP contribution in [0.5, 0.6) is 5.75 Å². The van der Waals surface area contributed by atoms with Crippen LogP contribution in [-0.2, 0) is 11.4 Å². The first kappa shape index (κ1) is 13.5. The second kappa shape index (κ2) is 5.84. The van der Waals surface area contributed by atoms with Gasteiger partial charge in [-0.2, -0.15) is 0 Å². The molecule has 5 heteroatoms. The van der Waals surface area contributed by atoms with Crippen molar-refractivity contribution in [1.82, 2.24) is 4.98 Å². The summed E-state index contributed by atoms with van der Waals surface area (Å²) in [7, 11) is 0. The maximum atomic E-state index is 11.0. The zero-order valence-corrected chi connectivity index (χ0v) is 12.0. The largest absolute Gasteiger partial charge is 0.487 e. The average molecular weight is 276 g/mol. The first-order chi connectivity index (χ1) is 9.04. The van der Waals surface area contributed by atoms with Gasteiger partial charge in [-0.05, 0) is 37.6 Å². The second-order valence-electron chi connectivity index (χ2n) is 4.30. The van der Waals surface area contributed by atoms with E-state index in [2.05, 4.69) is 10.3 Å². The molecule has 0 spiro atoms. The Morgan fingerprint density at radius 2 is 2.21 bits per heavy atom. The highest BCUT2D eigenvalue weighted by Crippen LogP contribution is 2.22. The molecule has 0 aliphatic carbocycles.